The fourth-order valence-corrected chi connectivity index (χ4v) is 3.69. The maximum atomic E-state index is 12.1. The van der Waals surface area contributed by atoms with Crippen molar-refractivity contribution in [2.75, 3.05) is 13.3 Å². The van der Waals surface area contributed by atoms with Crippen molar-refractivity contribution in [1.29, 1.82) is 0 Å². The predicted molar refractivity (Wildman–Crippen MR) is 70.0 cm³/mol. The summed E-state index contributed by atoms with van der Waals surface area (Å²) < 4.78 is 0. The summed E-state index contributed by atoms with van der Waals surface area (Å²) in [6.45, 7) is -0.00611. The standard InChI is InChI=1S/C10H12N8O4.H2O/c19-7-11-3-5-15(7)1-16-6-4(12-8(16)20)14-10(22)18(6)2-17(5)9(21)13-3;/h3-6H,1-2H2,(H,11,19)(H,12,20)(H,13,21)(H,14,22);1H2. The molecular weight excluding hydrogens is 312 g/mol. The van der Waals surface area contributed by atoms with E-state index in [0.29, 0.717) is 0 Å². The zero-order valence-electron chi connectivity index (χ0n) is 11.6. The molecule has 5 rings (SSSR count). The number of nitrogens with zero attached hydrogens (tertiary/aromatic N) is 4. The molecule has 0 unspecified atom stereocenters. The quantitative estimate of drug-likeness (QED) is 0.363. The van der Waals surface area contributed by atoms with Crippen molar-refractivity contribution in [2.24, 2.45) is 0 Å². The minimum atomic E-state index is -0.568. The van der Waals surface area contributed by atoms with Gasteiger partial charge in [0.1, 0.15) is 25.7 Å². The topological polar surface area (TPSA) is 161 Å². The van der Waals surface area contributed by atoms with E-state index in [0.717, 1.165) is 0 Å². The molecule has 0 bridgehead atoms. The first-order valence-electron chi connectivity index (χ1n) is 6.83. The summed E-state index contributed by atoms with van der Waals surface area (Å²) in [5, 5.41) is 10.6. The average molecular weight is 326 g/mol. The smallest absolute Gasteiger partial charge is 0.322 e. The first kappa shape index (κ1) is 13.7. The Labute approximate surface area is 128 Å². The molecule has 124 valence electrons. The molecule has 13 heteroatoms. The zero-order chi connectivity index (χ0) is 15.2. The van der Waals surface area contributed by atoms with E-state index in [-0.39, 0.29) is 42.9 Å². The third kappa shape index (κ3) is 1.48. The number of hydrogen-bond acceptors (Lipinski definition) is 4. The van der Waals surface area contributed by atoms with Gasteiger partial charge in [0, 0.05) is 0 Å². The van der Waals surface area contributed by atoms with Gasteiger partial charge >= 0.3 is 24.1 Å². The fourth-order valence-electron chi connectivity index (χ4n) is 3.69. The Morgan fingerprint density at radius 1 is 0.609 bits per heavy atom. The van der Waals surface area contributed by atoms with Crippen LogP contribution in [0, 0.1) is 0 Å². The van der Waals surface area contributed by atoms with Crippen molar-refractivity contribution >= 4 is 24.1 Å². The van der Waals surface area contributed by atoms with Crippen molar-refractivity contribution < 1.29 is 24.7 Å². The highest BCUT2D eigenvalue weighted by Gasteiger charge is 2.59. The van der Waals surface area contributed by atoms with Crippen molar-refractivity contribution in [3.8, 4) is 0 Å². The summed E-state index contributed by atoms with van der Waals surface area (Å²) in [6.07, 6.45) is -2.24. The SMILES string of the molecule is O.O=C1NC2NC(=O)N3CN4C(=O)NC5NC(=O)N(CN1C23)C54. The molecule has 0 radical (unpaired) electrons. The number of hydrogen-bond donors (Lipinski definition) is 4. The summed E-state index contributed by atoms with van der Waals surface area (Å²) in [5.74, 6) is 0. The maximum absolute atomic E-state index is 12.1. The van der Waals surface area contributed by atoms with Crippen LogP contribution in [0.3, 0.4) is 0 Å². The highest BCUT2D eigenvalue weighted by molar-refractivity contribution is 5.88. The van der Waals surface area contributed by atoms with Crippen LogP contribution in [0.4, 0.5) is 19.2 Å². The lowest BCUT2D eigenvalue weighted by molar-refractivity contribution is -0.0000212. The van der Waals surface area contributed by atoms with Crippen LogP contribution in [-0.2, 0) is 0 Å². The minimum absolute atomic E-state index is 0. The summed E-state index contributed by atoms with van der Waals surface area (Å²) in [7, 11) is 0. The molecule has 23 heavy (non-hydrogen) atoms. The second-order valence-corrected chi connectivity index (χ2v) is 5.74. The van der Waals surface area contributed by atoms with Crippen LogP contribution in [0.15, 0.2) is 0 Å². The van der Waals surface area contributed by atoms with Crippen LogP contribution < -0.4 is 21.3 Å². The molecule has 5 aliphatic heterocycles. The normalized spacial score (nSPS) is 36.5. The molecule has 6 N–H and O–H groups in total. The molecule has 0 atom stereocenters. The zero-order valence-corrected chi connectivity index (χ0v) is 11.6. The average Bonchev–Trinajstić information content (AvgIpc) is 3.05. The molecule has 0 spiro atoms. The van der Waals surface area contributed by atoms with Crippen molar-refractivity contribution in [3.05, 3.63) is 0 Å². The molecule has 0 aliphatic carbocycles. The van der Waals surface area contributed by atoms with Gasteiger partial charge < -0.3 is 26.7 Å². The number of amides is 8. The van der Waals surface area contributed by atoms with Crippen LogP contribution in [0.2, 0.25) is 0 Å². The predicted octanol–water partition coefficient (Wildman–Crippen LogP) is -3.50. The Hall–Kier alpha value is -2.96. The third-order valence-electron chi connectivity index (χ3n) is 4.64. The van der Waals surface area contributed by atoms with Gasteiger partial charge in [-0.3, -0.25) is 19.6 Å². The van der Waals surface area contributed by atoms with Crippen molar-refractivity contribution in [1.82, 2.24) is 40.9 Å². The Morgan fingerprint density at radius 3 is 1.13 bits per heavy atom. The first-order chi connectivity index (χ1) is 10.5. The van der Waals surface area contributed by atoms with E-state index in [4.69, 9.17) is 0 Å². The van der Waals surface area contributed by atoms with E-state index in [1.165, 1.54) is 19.6 Å². The van der Waals surface area contributed by atoms with Crippen molar-refractivity contribution in [2.45, 2.75) is 24.7 Å². The molecule has 5 saturated heterocycles. The van der Waals surface area contributed by atoms with Crippen molar-refractivity contribution in [3.63, 3.8) is 0 Å². The molecule has 0 saturated carbocycles. The van der Waals surface area contributed by atoms with Gasteiger partial charge in [0.05, 0.1) is 0 Å². The molecule has 0 aromatic rings. The van der Waals surface area contributed by atoms with E-state index in [1.807, 2.05) is 0 Å². The summed E-state index contributed by atoms with van der Waals surface area (Å²) in [6, 6.07) is -1.44. The van der Waals surface area contributed by atoms with E-state index in [2.05, 4.69) is 21.3 Å². The maximum Gasteiger partial charge on any atom is 0.322 e. The first-order valence-corrected chi connectivity index (χ1v) is 6.83. The van der Waals surface area contributed by atoms with Gasteiger partial charge in [0.25, 0.3) is 0 Å². The van der Waals surface area contributed by atoms with Crippen LogP contribution in [0.1, 0.15) is 0 Å². The van der Waals surface area contributed by atoms with Gasteiger partial charge in [-0.1, -0.05) is 0 Å². The van der Waals surface area contributed by atoms with Gasteiger partial charge in [0.2, 0.25) is 0 Å². The Balaban J connectivity index is 0.00000135. The molecule has 5 heterocycles. The number of rotatable bonds is 0. The second kappa shape index (κ2) is 4.07. The molecule has 13 nitrogen and oxygen atoms in total. The van der Waals surface area contributed by atoms with Gasteiger partial charge in [0.15, 0.2) is 12.3 Å². The van der Waals surface area contributed by atoms with Crippen LogP contribution in [0.25, 0.3) is 0 Å². The monoisotopic (exact) mass is 326 g/mol. The van der Waals surface area contributed by atoms with Crippen LogP contribution in [0.5, 0.6) is 0 Å². The Kier molecular flexibility index (Phi) is 2.42. The Bertz CT molecular complexity index is 539. The lowest BCUT2D eigenvalue weighted by atomic mass is 10.3. The minimum Gasteiger partial charge on any atom is -0.412 e. The Morgan fingerprint density at radius 2 is 0.870 bits per heavy atom. The molecule has 0 aromatic carbocycles. The highest BCUT2D eigenvalue weighted by atomic mass is 16.2. The van der Waals surface area contributed by atoms with E-state index in [1.54, 1.807) is 0 Å². The molecule has 5 fully saturated rings. The summed E-state index contributed by atoms with van der Waals surface area (Å²) >= 11 is 0. The molecular formula is C10H14N8O5. The highest BCUT2D eigenvalue weighted by Crippen LogP contribution is 2.31. The lowest BCUT2D eigenvalue weighted by Gasteiger charge is -2.40. The van der Waals surface area contributed by atoms with Crippen LogP contribution >= 0.6 is 0 Å². The fraction of sp³-hybridized carbons (Fsp3) is 0.600. The largest absolute Gasteiger partial charge is 0.412 e. The van der Waals surface area contributed by atoms with E-state index in [9.17, 15) is 19.2 Å². The van der Waals surface area contributed by atoms with Gasteiger partial charge in [-0.05, 0) is 0 Å². The number of carbonyl (C=O) groups is 4. The molecule has 0 aromatic heterocycles. The summed E-state index contributed by atoms with van der Waals surface area (Å²) in [4.78, 5) is 54.0. The van der Waals surface area contributed by atoms with Gasteiger partial charge in [-0.2, -0.15) is 0 Å². The van der Waals surface area contributed by atoms with Gasteiger partial charge in [-0.15, -0.1) is 0 Å². The van der Waals surface area contributed by atoms with Gasteiger partial charge in [-0.25, -0.2) is 19.2 Å². The molecule has 8 amide bonds. The number of nitrogens with one attached hydrogen (secondary N) is 4. The summed E-state index contributed by atoms with van der Waals surface area (Å²) in [5.41, 5.74) is 0. The van der Waals surface area contributed by atoms with E-state index >= 15 is 0 Å². The third-order valence-corrected chi connectivity index (χ3v) is 4.64. The second-order valence-electron chi connectivity index (χ2n) is 5.74. The van der Waals surface area contributed by atoms with Crippen LogP contribution in [-0.4, -0.2) is 87.2 Å². The number of urea groups is 4. The molecule has 5 aliphatic rings. The lowest BCUT2D eigenvalue weighted by Crippen LogP contribution is -2.61. The number of carbonyl (C=O) groups excluding carboxylic acids is 4. The van der Waals surface area contributed by atoms with E-state index < -0.39 is 24.7 Å².